The van der Waals surface area contributed by atoms with E-state index < -0.39 is 0 Å². The van der Waals surface area contributed by atoms with E-state index in [0.717, 1.165) is 41.4 Å². The summed E-state index contributed by atoms with van der Waals surface area (Å²) in [4.78, 5) is 30.2. The van der Waals surface area contributed by atoms with Crippen molar-refractivity contribution in [3.05, 3.63) is 71.8 Å². The van der Waals surface area contributed by atoms with Crippen LogP contribution >= 0.6 is 0 Å². The molecular formula is C25H26N6O2. The van der Waals surface area contributed by atoms with Crippen LogP contribution in [0.3, 0.4) is 0 Å². The second-order valence-electron chi connectivity index (χ2n) is 8.62. The third-order valence-electron chi connectivity index (χ3n) is 6.73. The number of nitrogens with one attached hydrogen (secondary N) is 1. The molecule has 4 aromatic rings. The fourth-order valence-electron chi connectivity index (χ4n) is 4.70. The summed E-state index contributed by atoms with van der Waals surface area (Å²) in [6.07, 6.45) is 10.3. The molecule has 1 saturated carbocycles. The van der Waals surface area contributed by atoms with Crippen LogP contribution in [0.5, 0.6) is 0 Å². The van der Waals surface area contributed by atoms with Crippen molar-refractivity contribution in [2.24, 2.45) is 0 Å². The van der Waals surface area contributed by atoms with E-state index in [1.54, 1.807) is 25.6 Å². The zero-order valence-electron chi connectivity index (χ0n) is 18.5. The number of aliphatic hydroxyl groups excluding tert-OH is 1. The Balaban J connectivity index is 1.52. The highest BCUT2D eigenvalue weighted by Crippen LogP contribution is 2.51. The molecule has 1 aliphatic rings. The maximum Gasteiger partial charge on any atom is 0.255 e. The zero-order chi connectivity index (χ0) is 23.0. The molecule has 0 spiro atoms. The normalized spacial score (nSPS) is 14.7. The standard InChI is InChI=1S/C25H26N6O2/c1-31(9-10-32)23(33)17-11-20-21(15-28-22(20)27-12-17)25(7-2-8-25)19-5-3-16(4-6-19)18-13-29-24(26)30-14-18/h3-6,11-15,32H,2,7-10H2,1H3,(H,27,28)(H2,26,29,30). The number of aromatic nitrogens is 4. The van der Waals surface area contributed by atoms with E-state index in [9.17, 15) is 4.79 Å². The number of H-pyrrole nitrogens is 1. The Kier molecular flexibility index (Phi) is 5.30. The number of amides is 1. The largest absolute Gasteiger partial charge is 0.395 e. The van der Waals surface area contributed by atoms with Crippen LogP contribution in [0, 0.1) is 0 Å². The lowest BCUT2D eigenvalue weighted by molar-refractivity contribution is 0.0766. The predicted molar refractivity (Wildman–Crippen MR) is 127 cm³/mol. The number of hydrogen-bond acceptors (Lipinski definition) is 6. The monoisotopic (exact) mass is 442 g/mol. The number of aliphatic hydroxyl groups is 1. The molecule has 8 heteroatoms. The molecule has 3 heterocycles. The third kappa shape index (κ3) is 3.62. The summed E-state index contributed by atoms with van der Waals surface area (Å²) in [5, 5.41) is 10.1. The van der Waals surface area contributed by atoms with Crippen LogP contribution in [0.1, 0.15) is 40.7 Å². The van der Waals surface area contributed by atoms with E-state index >= 15 is 0 Å². The Morgan fingerprint density at radius 2 is 1.85 bits per heavy atom. The van der Waals surface area contributed by atoms with Gasteiger partial charge in [0.15, 0.2) is 0 Å². The number of carbonyl (C=O) groups excluding carboxylic acids is 1. The lowest BCUT2D eigenvalue weighted by Gasteiger charge is -2.42. The zero-order valence-corrected chi connectivity index (χ0v) is 18.5. The smallest absolute Gasteiger partial charge is 0.255 e. The Morgan fingerprint density at radius 3 is 2.48 bits per heavy atom. The quantitative estimate of drug-likeness (QED) is 0.422. The number of rotatable bonds is 6. The van der Waals surface area contributed by atoms with E-state index in [1.807, 2.05) is 12.3 Å². The Labute approximate surface area is 191 Å². The van der Waals surface area contributed by atoms with Crippen molar-refractivity contribution in [3.8, 4) is 11.1 Å². The summed E-state index contributed by atoms with van der Waals surface area (Å²) in [6.45, 7) is 0.209. The lowest BCUT2D eigenvalue weighted by atomic mass is 9.60. The Morgan fingerprint density at radius 1 is 1.12 bits per heavy atom. The average Bonchev–Trinajstić information content (AvgIpc) is 3.22. The summed E-state index contributed by atoms with van der Waals surface area (Å²) < 4.78 is 0. The van der Waals surface area contributed by atoms with Crippen molar-refractivity contribution in [1.82, 2.24) is 24.8 Å². The molecule has 8 nitrogen and oxygen atoms in total. The minimum absolute atomic E-state index is 0.0745. The first-order valence-corrected chi connectivity index (χ1v) is 11.0. The Bertz CT molecular complexity index is 1290. The van der Waals surface area contributed by atoms with E-state index in [0.29, 0.717) is 5.56 Å². The van der Waals surface area contributed by atoms with Crippen LogP contribution in [-0.2, 0) is 5.41 Å². The van der Waals surface area contributed by atoms with Gasteiger partial charge in [-0.3, -0.25) is 4.79 Å². The van der Waals surface area contributed by atoms with E-state index in [1.165, 1.54) is 16.0 Å². The number of hydrogen-bond donors (Lipinski definition) is 3. The second-order valence-corrected chi connectivity index (χ2v) is 8.62. The molecule has 1 amide bonds. The minimum atomic E-state index is -0.150. The van der Waals surface area contributed by atoms with Crippen molar-refractivity contribution >= 4 is 22.9 Å². The predicted octanol–water partition coefficient (Wildman–Crippen LogP) is 3.14. The SMILES string of the molecule is CN(CCO)C(=O)c1cnc2[nH]cc(C3(c4ccc(-c5cnc(N)nc5)cc4)CCC3)c2c1. The summed E-state index contributed by atoms with van der Waals surface area (Å²) in [7, 11) is 1.68. The first kappa shape index (κ1) is 21.1. The second kappa shape index (κ2) is 8.29. The number of anilines is 1. The first-order valence-electron chi connectivity index (χ1n) is 11.0. The molecule has 1 aliphatic carbocycles. The van der Waals surface area contributed by atoms with Crippen LogP contribution in [0.15, 0.2) is 55.1 Å². The molecule has 4 N–H and O–H groups in total. The number of pyridine rings is 1. The molecule has 5 rings (SSSR count). The van der Waals surface area contributed by atoms with Gasteiger partial charge < -0.3 is 20.7 Å². The number of likely N-dealkylation sites (N-methyl/N-ethyl adjacent to an activating group) is 1. The number of nitrogen functional groups attached to an aromatic ring is 1. The van der Waals surface area contributed by atoms with E-state index in [4.69, 9.17) is 10.8 Å². The molecule has 3 aromatic heterocycles. The van der Waals surface area contributed by atoms with Crippen molar-refractivity contribution in [2.45, 2.75) is 24.7 Å². The molecule has 1 fully saturated rings. The minimum Gasteiger partial charge on any atom is -0.395 e. The van der Waals surface area contributed by atoms with Crippen LogP contribution in [0.25, 0.3) is 22.2 Å². The number of nitrogens with two attached hydrogens (primary N) is 1. The molecule has 0 bridgehead atoms. The van der Waals surface area contributed by atoms with Crippen LogP contribution < -0.4 is 5.73 Å². The highest BCUT2D eigenvalue weighted by Gasteiger charge is 2.42. The maximum atomic E-state index is 12.8. The van der Waals surface area contributed by atoms with Gasteiger partial charge in [0.2, 0.25) is 5.95 Å². The molecule has 1 aromatic carbocycles. The van der Waals surface area contributed by atoms with Crippen molar-refractivity contribution in [1.29, 1.82) is 0 Å². The van der Waals surface area contributed by atoms with E-state index in [2.05, 4.69) is 44.2 Å². The topological polar surface area (TPSA) is 121 Å². The van der Waals surface area contributed by atoms with Crippen molar-refractivity contribution in [2.75, 3.05) is 25.9 Å². The van der Waals surface area contributed by atoms with Gasteiger partial charge in [-0.25, -0.2) is 15.0 Å². The third-order valence-corrected chi connectivity index (χ3v) is 6.73. The van der Waals surface area contributed by atoms with Gasteiger partial charge in [0.1, 0.15) is 5.65 Å². The number of nitrogens with zero attached hydrogens (tertiary/aromatic N) is 4. The van der Waals surface area contributed by atoms with Crippen LogP contribution in [0.4, 0.5) is 5.95 Å². The summed E-state index contributed by atoms with van der Waals surface area (Å²) >= 11 is 0. The van der Waals surface area contributed by atoms with Gasteiger partial charge in [-0.2, -0.15) is 0 Å². The highest BCUT2D eigenvalue weighted by atomic mass is 16.3. The number of fused-ring (bicyclic) bond motifs is 1. The number of carbonyl (C=O) groups is 1. The average molecular weight is 443 g/mol. The first-order chi connectivity index (χ1) is 16.0. The molecule has 0 unspecified atom stereocenters. The maximum absolute atomic E-state index is 12.8. The van der Waals surface area contributed by atoms with Crippen LogP contribution in [-0.4, -0.2) is 56.0 Å². The fourth-order valence-corrected chi connectivity index (χ4v) is 4.70. The molecule has 0 saturated heterocycles. The van der Waals surface area contributed by atoms with Gasteiger partial charge in [0, 0.05) is 54.7 Å². The highest BCUT2D eigenvalue weighted by molar-refractivity contribution is 5.97. The molecule has 168 valence electrons. The van der Waals surface area contributed by atoms with E-state index in [-0.39, 0.29) is 30.4 Å². The summed E-state index contributed by atoms with van der Waals surface area (Å²) in [5.74, 6) is 0.112. The molecule has 33 heavy (non-hydrogen) atoms. The van der Waals surface area contributed by atoms with Gasteiger partial charge in [0.05, 0.1) is 12.2 Å². The van der Waals surface area contributed by atoms with Crippen molar-refractivity contribution < 1.29 is 9.90 Å². The Hall–Kier alpha value is -3.78. The van der Waals surface area contributed by atoms with Gasteiger partial charge >= 0.3 is 0 Å². The number of aromatic amines is 1. The number of benzene rings is 1. The van der Waals surface area contributed by atoms with Gasteiger partial charge in [-0.05, 0) is 35.6 Å². The molecule has 0 radical (unpaired) electrons. The fraction of sp³-hybridized carbons (Fsp3) is 0.280. The molecular weight excluding hydrogens is 416 g/mol. The summed E-state index contributed by atoms with van der Waals surface area (Å²) in [6, 6.07) is 10.4. The molecule has 0 aliphatic heterocycles. The van der Waals surface area contributed by atoms with Gasteiger partial charge in [-0.1, -0.05) is 30.7 Å². The summed E-state index contributed by atoms with van der Waals surface area (Å²) in [5.41, 5.74) is 11.1. The lowest BCUT2D eigenvalue weighted by Crippen LogP contribution is -2.35. The van der Waals surface area contributed by atoms with Gasteiger partial charge in [-0.15, -0.1) is 0 Å². The van der Waals surface area contributed by atoms with Crippen LogP contribution in [0.2, 0.25) is 0 Å². The molecule has 0 atom stereocenters. The van der Waals surface area contributed by atoms with Gasteiger partial charge in [0.25, 0.3) is 5.91 Å². The van der Waals surface area contributed by atoms with Crippen molar-refractivity contribution in [3.63, 3.8) is 0 Å².